The molecule has 3 nitrogen and oxygen atoms in total. The first-order valence-corrected chi connectivity index (χ1v) is 5.90. The highest BCUT2D eigenvalue weighted by Crippen LogP contribution is 2.23. The molecule has 0 saturated carbocycles. The fourth-order valence-electron chi connectivity index (χ4n) is 1.72. The topological polar surface area (TPSA) is 29.5 Å². The minimum absolute atomic E-state index is 0.157. The van der Waals surface area contributed by atoms with Crippen molar-refractivity contribution in [2.24, 2.45) is 5.92 Å². The fraction of sp³-hybridized carbons (Fsp3) is 0.917. The third kappa shape index (κ3) is 4.10. The van der Waals surface area contributed by atoms with Crippen LogP contribution in [0.15, 0.2) is 0 Å². The lowest BCUT2D eigenvalue weighted by Gasteiger charge is -2.39. The van der Waals surface area contributed by atoms with E-state index in [9.17, 15) is 4.79 Å². The number of carbonyl (C=O) groups excluding carboxylic acids is 1. The van der Waals surface area contributed by atoms with E-state index in [0.717, 1.165) is 13.1 Å². The predicted octanol–water partition coefficient (Wildman–Crippen LogP) is 3.04. The fourth-order valence-corrected chi connectivity index (χ4v) is 1.72. The number of ether oxygens (including phenoxy) is 1. The maximum absolute atomic E-state index is 11.6. The molecule has 1 saturated heterocycles. The lowest BCUT2D eigenvalue weighted by atomic mass is 9.94. The molecule has 0 aromatic heterocycles. The molecule has 1 heterocycles. The first kappa shape index (κ1) is 12.3. The van der Waals surface area contributed by atoms with Crippen molar-refractivity contribution < 1.29 is 9.53 Å². The molecule has 0 aromatic rings. The zero-order valence-electron chi connectivity index (χ0n) is 10.4. The van der Waals surface area contributed by atoms with Crippen LogP contribution >= 0.6 is 0 Å². The maximum atomic E-state index is 11.6. The Hall–Kier alpha value is -0.730. The van der Waals surface area contributed by atoms with Gasteiger partial charge in [0, 0.05) is 13.1 Å². The number of rotatable bonds is 3. The van der Waals surface area contributed by atoms with Crippen molar-refractivity contribution in [3.8, 4) is 0 Å². The van der Waals surface area contributed by atoms with E-state index in [-0.39, 0.29) is 11.7 Å². The van der Waals surface area contributed by atoms with Gasteiger partial charge in [-0.3, -0.25) is 0 Å². The van der Waals surface area contributed by atoms with Crippen LogP contribution in [0, 0.1) is 5.92 Å². The monoisotopic (exact) mass is 213 g/mol. The third-order valence-corrected chi connectivity index (χ3v) is 2.57. The highest BCUT2D eigenvalue weighted by molar-refractivity contribution is 5.69. The molecule has 15 heavy (non-hydrogen) atoms. The average Bonchev–Trinajstić information content (AvgIpc) is 1.98. The van der Waals surface area contributed by atoms with Crippen molar-refractivity contribution in [2.45, 2.75) is 52.6 Å². The molecular weight excluding hydrogens is 190 g/mol. The number of nitrogens with zero attached hydrogens (tertiary/aromatic N) is 1. The lowest BCUT2D eigenvalue weighted by Crippen LogP contribution is -2.51. The standard InChI is InChI=1S/C12H23NO2/c1-5-6-7-10-8-13(9-10)11(14)15-12(2,3)4/h10H,5-9H2,1-4H3. The summed E-state index contributed by atoms with van der Waals surface area (Å²) in [6, 6.07) is 0. The Bertz CT molecular complexity index is 214. The molecule has 3 heteroatoms. The minimum Gasteiger partial charge on any atom is -0.444 e. The van der Waals surface area contributed by atoms with E-state index in [1.807, 2.05) is 20.8 Å². The van der Waals surface area contributed by atoms with E-state index in [4.69, 9.17) is 4.74 Å². The zero-order valence-corrected chi connectivity index (χ0v) is 10.4. The second-order valence-corrected chi connectivity index (χ2v) is 5.39. The lowest BCUT2D eigenvalue weighted by molar-refractivity contribution is -0.00235. The van der Waals surface area contributed by atoms with Gasteiger partial charge in [-0.2, -0.15) is 0 Å². The highest BCUT2D eigenvalue weighted by Gasteiger charge is 2.32. The third-order valence-electron chi connectivity index (χ3n) is 2.57. The van der Waals surface area contributed by atoms with Gasteiger partial charge < -0.3 is 9.64 Å². The molecule has 0 aromatic carbocycles. The Kier molecular flexibility index (Phi) is 4.00. The summed E-state index contributed by atoms with van der Waals surface area (Å²) in [4.78, 5) is 13.4. The Balaban J connectivity index is 2.18. The molecule has 1 fully saturated rings. The van der Waals surface area contributed by atoms with E-state index in [1.165, 1.54) is 19.3 Å². The quantitative estimate of drug-likeness (QED) is 0.721. The normalized spacial score (nSPS) is 17.5. The summed E-state index contributed by atoms with van der Waals surface area (Å²) >= 11 is 0. The Morgan fingerprint density at radius 3 is 2.47 bits per heavy atom. The zero-order chi connectivity index (χ0) is 11.5. The van der Waals surface area contributed by atoms with Gasteiger partial charge in [0.1, 0.15) is 5.60 Å². The van der Waals surface area contributed by atoms with Crippen LogP contribution in [-0.4, -0.2) is 29.7 Å². The molecule has 1 amide bonds. The number of hydrogen-bond donors (Lipinski definition) is 0. The van der Waals surface area contributed by atoms with E-state index >= 15 is 0 Å². The molecule has 1 aliphatic heterocycles. The van der Waals surface area contributed by atoms with Crippen molar-refractivity contribution >= 4 is 6.09 Å². The molecule has 0 unspecified atom stereocenters. The van der Waals surface area contributed by atoms with Crippen molar-refractivity contribution in [1.29, 1.82) is 0 Å². The van der Waals surface area contributed by atoms with E-state index < -0.39 is 0 Å². The van der Waals surface area contributed by atoms with Crippen LogP contribution < -0.4 is 0 Å². The van der Waals surface area contributed by atoms with E-state index in [0.29, 0.717) is 5.92 Å². The molecule has 0 N–H and O–H groups in total. The summed E-state index contributed by atoms with van der Waals surface area (Å²) in [5, 5.41) is 0. The summed E-state index contributed by atoms with van der Waals surface area (Å²) in [6.45, 7) is 9.67. The van der Waals surface area contributed by atoms with Gasteiger partial charge in [0.2, 0.25) is 0 Å². The van der Waals surface area contributed by atoms with Crippen LogP contribution in [0.2, 0.25) is 0 Å². The molecule has 0 aliphatic carbocycles. The van der Waals surface area contributed by atoms with Gasteiger partial charge in [0.15, 0.2) is 0 Å². The average molecular weight is 213 g/mol. The molecule has 0 radical (unpaired) electrons. The van der Waals surface area contributed by atoms with Gasteiger partial charge >= 0.3 is 6.09 Å². The van der Waals surface area contributed by atoms with E-state index in [1.54, 1.807) is 4.90 Å². The summed E-state index contributed by atoms with van der Waals surface area (Å²) in [6.07, 6.45) is 3.60. The Morgan fingerprint density at radius 2 is 2.00 bits per heavy atom. The van der Waals surface area contributed by atoms with Crippen molar-refractivity contribution in [2.75, 3.05) is 13.1 Å². The maximum Gasteiger partial charge on any atom is 0.410 e. The smallest absolute Gasteiger partial charge is 0.410 e. The van der Waals surface area contributed by atoms with Crippen molar-refractivity contribution in [1.82, 2.24) is 4.90 Å². The van der Waals surface area contributed by atoms with Crippen LogP contribution in [0.4, 0.5) is 4.79 Å². The van der Waals surface area contributed by atoms with Gasteiger partial charge in [-0.15, -0.1) is 0 Å². The van der Waals surface area contributed by atoms with Crippen LogP contribution in [0.5, 0.6) is 0 Å². The summed E-state index contributed by atoms with van der Waals surface area (Å²) in [7, 11) is 0. The largest absolute Gasteiger partial charge is 0.444 e. The highest BCUT2D eigenvalue weighted by atomic mass is 16.6. The van der Waals surface area contributed by atoms with Crippen LogP contribution in [-0.2, 0) is 4.74 Å². The summed E-state index contributed by atoms with van der Waals surface area (Å²) in [5.74, 6) is 0.706. The molecule has 1 rings (SSSR count). The van der Waals surface area contributed by atoms with E-state index in [2.05, 4.69) is 6.92 Å². The SMILES string of the molecule is CCCCC1CN(C(=O)OC(C)(C)C)C1. The second kappa shape index (κ2) is 4.86. The predicted molar refractivity (Wildman–Crippen MR) is 60.8 cm³/mol. The van der Waals surface area contributed by atoms with Gasteiger partial charge in [-0.05, 0) is 33.1 Å². The number of hydrogen-bond acceptors (Lipinski definition) is 2. The molecule has 88 valence electrons. The molecule has 0 atom stereocenters. The first-order chi connectivity index (χ1) is 6.92. The second-order valence-electron chi connectivity index (χ2n) is 5.39. The summed E-state index contributed by atoms with van der Waals surface area (Å²) < 4.78 is 5.28. The van der Waals surface area contributed by atoms with Gasteiger partial charge in [-0.1, -0.05) is 19.8 Å². The van der Waals surface area contributed by atoms with Gasteiger partial charge in [0.25, 0.3) is 0 Å². The number of carbonyl (C=O) groups is 1. The first-order valence-electron chi connectivity index (χ1n) is 5.90. The minimum atomic E-state index is -0.369. The molecule has 0 bridgehead atoms. The van der Waals surface area contributed by atoms with Crippen LogP contribution in [0.1, 0.15) is 47.0 Å². The van der Waals surface area contributed by atoms with Gasteiger partial charge in [0.05, 0.1) is 0 Å². The Labute approximate surface area is 92.8 Å². The number of amides is 1. The molecule has 1 aliphatic rings. The number of unbranched alkanes of at least 4 members (excludes halogenated alkanes) is 1. The summed E-state index contributed by atoms with van der Waals surface area (Å²) in [5.41, 5.74) is -0.369. The van der Waals surface area contributed by atoms with Crippen molar-refractivity contribution in [3.63, 3.8) is 0 Å². The number of likely N-dealkylation sites (tertiary alicyclic amines) is 1. The Morgan fingerprint density at radius 1 is 1.40 bits per heavy atom. The van der Waals surface area contributed by atoms with Crippen LogP contribution in [0.3, 0.4) is 0 Å². The molecule has 0 spiro atoms. The van der Waals surface area contributed by atoms with Crippen molar-refractivity contribution in [3.05, 3.63) is 0 Å². The van der Waals surface area contributed by atoms with Crippen LogP contribution in [0.25, 0.3) is 0 Å². The molecular formula is C12H23NO2. The van der Waals surface area contributed by atoms with Gasteiger partial charge in [-0.25, -0.2) is 4.79 Å².